The van der Waals surface area contributed by atoms with Crippen molar-refractivity contribution in [3.8, 4) is 56.4 Å². The van der Waals surface area contributed by atoms with E-state index in [2.05, 4.69) is 120 Å². The molecule has 0 aliphatic rings. The third kappa shape index (κ3) is 5.24. The van der Waals surface area contributed by atoms with Gasteiger partial charge in [-0.15, -0.1) is 0 Å². The minimum atomic E-state index is 0.624. The first-order chi connectivity index (χ1) is 27.2. The number of nitrogens with zero attached hydrogens (tertiary/aromatic N) is 4. The Kier molecular flexibility index (Phi) is 7.10. The molecule has 3 aromatic heterocycles. The van der Waals surface area contributed by atoms with Gasteiger partial charge in [0.1, 0.15) is 11.2 Å². The minimum absolute atomic E-state index is 0.624. The van der Waals surface area contributed by atoms with Crippen LogP contribution in [0, 0.1) is 0 Å². The van der Waals surface area contributed by atoms with Gasteiger partial charge in [-0.05, 0) is 79.5 Å². The Morgan fingerprint density at radius 1 is 0.309 bits per heavy atom. The second-order valence-corrected chi connectivity index (χ2v) is 13.8. The van der Waals surface area contributed by atoms with Crippen LogP contribution in [0.4, 0.5) is 0 Å². The van der Waals surface area contributed by atoms with Gasteiger partial charge < -0.3 is 4.42 Å². The van der Waals surface area contributed by atoms with Crippen LogP contribution in [0.25, 0.3) is 111 Å². The van der Waals surface area contributed by atoms with Crippen LogP contribution in [-0.2, 0) is 0 Å². The van der Waals surface area contributed by atoms with Crippen LogP contribution in [0.3, 0.4) is 0 Å². The standard InChI is InChI=1S/C50H30N4O/c1-2-8-34(9-3-1)48-52-49(35-18-14-31(15-19-35)33-26-28-51-29-27-33)54-50(53-48)36-20-16-32(17-21-36)37-22-23-42-44(30-37)39-11-5-4-10-38(39)41-24-25-43-40-12-6-7-13-45(40)55-47(43)46(41)42/h1-30H. The Hall–Kier alpha value is -7.50. The van der Waals surface area contributed by atoms with Crippen molar-refractivity contribution in [2.45, 2.75) is 0 Å². The lowest BCUT2D eigenvalue weighted by Gasteiger charge is -2.13. The van der Waals surface area contributed by atoms with Gasteiger partial charge >= 0.3 is 0 Å². The number of pyridine rings is 1. The highest BCUT2D eigenvalue weighted by molar-refractivity contribution is 6.32. The Bertz CT molecular complexity index is 3230. The Morgan fingerprint density at radius 3 is 1.44 bits per heavy atom. The normalized spacial score (nSPS) is 11.6. The second kappa shape index (κ2) is 12.6. The molecule has 256 valence electrons. The molecule has 11 rings (SSSR count). The van der Waals surface area contributed by atoms with Crippen molar-refractivity contribution >= 4 is 54.3 Å². The molecule has 55 heavy (non-hydrogen) atoms. The van der Waals surface area contributed by atoms with E-state index in [1.807, 2.05) is 67.0 Å². The minimum Gasteiger partial charge on any atom is -0.455 e. The van der Waals surface area contributed by atoms with Crippen LogP contribution >= 0.6 is 0 Å². The van der Waals surface area contributed by atoms with Gasteiger partial charge in [-0.3, -0.25) is 4.98 Å². The quantitative estimate of drug-likeness (QED) is 0.167. The summed E-state index contributed by atoms with van der Waals surface area (Å²) in [4.78, 5) is 19.1. The summed E-state index contributed by atoms with van der Waals surface area (Å²) in [5, 5.41) is 9.43. The van der Waals surface area contributed by atoms with Crippen molar-refractivity contribution in [2.75, 3.05) is 0 Å². The molecule has 0 amide bonds. The average molecular weight is 703 g/mol. The van der Waals surface area contributed by atoms with Crippen LogP contribution in [0.15, 0.2) is 187 Å². The summed E-state index contributed by atoms with van der Waals surface area (Å²) in [6, 6.07) is 59.2. The van der Waals surface area contributed by atoms with Gasteiger partial charge in [0.05, 0.1) is 0 Å². The van der Waals surface area contributed by atoms with Crippen molar-refractivity contribution < 1.29 is 4.42 Å². The van der Waals surface area contributed by atoms with Gasteiger partial charge in [-0.1, -0.05) is 140 Å². The van der Waals surface area contributed by atoms with Gasteiger partial charge in [0.25, 0.3) is 0 Å². The van der Waals surface area contributed by atoms with E-state index in [4.69, 9.17) is 19.4 Å². The highest BCUT2D eigenvalue weighted by Gasteiger charge is 2.17. The molecule has 3 heterocycles. The molecule has 11 aromatic rings. The SMILES string of the molecule is c1ccc(-c2nc(-c3ccc(-c4ccncc4)cc3)nc(-c3ccc(-c4ccc5c(c4)c4ccccc4c4ccc6c7ccccc7oc6c45)cc3)n2)cc1. The third-order valence-corrected chi connectivity index (χ3v) is 10.6. The number of para-hydroxylation sites is 1. The van der Waals surface area contributed by atoms with Gasteiger partial charge in [0.15, 0.2) is 17.5 Å². The molecule has 0 N–H and O–H groups in total. The zero-order chi connectivity index (χ0) is 36.3. The molecule has 0 saturated carbocycles. The summed E-state index contributed by atoms with van der Waals surface area (Å²) in [5.74, 6) is 1.89. The zero-order valence-electron chi connectivity index (χ0n) is 29.5. The Labute approximate surface area is 316 Å². The van der Waals surface area contributed by atoms with Crippen LogP contribution < -0.4 is 0 Å². The van der Waals surface area contributed by atoms with Crippen molar-refractivity contribution in [3.63, 3.8) is 0 Å². The zero-order valence-corrected chi connectivity index (χ0v) is 29.5. The Balaban J connectivity index is 1.01. The summed E-state index contributed by atoms with van der Waals surface area (Å²) in [6.45, 7) is 0. The number of aromatic nitrogens is 4. The molecule has 0 bridgehead atoms. The largest absolute Gasteiger partial charge is 0.455 e. The number of hydrogen-bond acceptors (Lipinski definition) is 5. The highest BCUT2D eigenvalue weighted by atomic mass is 16.3. The summed E-state index contributed by atoms with van der Waals surface area (Å²) < 4.78 is 6.57. The maximum Gasteiger partial charge on any atom is 0.164 e. The molecule has 0 atom stereocenters. The molecule has 5 nitrogen and oxygen atoms in total. The number of benzene rings is 8. The molecule has 0 aliphatic carbocycles. The van der Waals surface area contributed by atoms with Crippen LogP contribution in [0.2, 0.25) is 0 Å². The number of rotatable bonds is 5. The lowest BCUT2D eigenvalue weighted by molar-refractivity contribution is 0.673. The summed E-state index contributed by atoms with van der Waals surface area (Å²) in [5.41, 5.74) is 9.08. The van der Waals surface area contributed by atoms with Crippen molar-refractivity contribution in [2.24, 2.45) is 0 Å². The summed E-state index contributed by atoms with van der Waals surface area (Å²) in [7, 11) is 0. The molecule has 0 unspecified atom stereocenters. The second-order valence-electron chi connectivity index (χ2n) is 13.8. The molecule has 0 saturated heterocycles. The van der Waals surface area contributed by atoms with Crippen molar-refractivity contribution in [1.29, 1.82) is 0 Å². The average Bonchev–Trinajstić information content (AvgIpc) is 3.66. The maximum absolute atomic E-state index is 6.57. The lowest BCUT2D eigenvalue weighted by Crippen LogP contribution is -2.00. The number of furan rings is 1. The third-order valence-electron chi connectivity index (χ3n) is 10.6. The monoisotopic (exact) mass is 702 g/mol. The van der Waals surface area contributed by atoms with E-state index in [1.54, 1.807) is 0 Å². The molecule has 0 fully saturated rings. The molecule has 8 aromatic carbocycles. The molecular weight excluding hydrogens is 673 g/mol. The van der Waals surface area contributed by atoms with E-state index in [-0.39, 0.29) is 0 Å². The maximum atomic E-state index is 6.57. The topological polar surface area (TPSA) is 64.7 Å². The van der Waals surface area contributed by atoms with Crippen LogP contribution in [0.1, 0.15) is 0 Å². The van der Waals surface area contributed by atoms with Gasteiger partial charge in [0.2, 0.25) is 0 Å². The lowest BCUT2D eigenvalue weighted by atomic mass is 9.91. The van der Waals surface area contributed by atoms with E-state index in [0.29, 0.717) is 17.5 Å². The molecule has 0 spiro atoms. The van der Waals surface area contributed by atoms with E-state index in [0.717, 1.165) is 66.3 Å². The predicted octanol–water partition coefficient (Wildman–Crippen LogP) is 13.0. The van der Waals surface area contributed by atoms with Crippen molar-refractivity contribution in [3.05, 3.63) is 182 Å². The van der Waals surface area contributed by atoms with Gasteiger partial charge in [-0.25, -0.2) is 15.0 Å². The van der Waals surface area contributed by atoms with Crippen LogP contribution in [0.5, 0.6) is 0 Å². The molecule has 0 radical (unpaired) electrons. The first-order valence-electron chi connectivity index (χ1n) is 18.4. The molecule has 5 heteroatoms. The van der Waals surface area contributed by atoms with E-state index in [9.17, 15) is 0 Å². The van der Waals surface area contributed by atoms with Gasteiger partial charge in [-0.2, -0.15) is 0 Å². The fourth-order valence-electron chi connectivity index (χ4n) is 7.92. The van der Waals surface area contributed by atoms with Crippen LogP contribution in [-0.4, -0.2) is 19.9 Å². The predicted molar refractivity (Wildman–Crippen MR) is 225 cm³/mol. The smallest absolute Gasteiger partial charge is 0.164 e. The van der Waals surface area contributed by atoms with E-state index in [1.165, 1.54) is 26.9 Å². The molecular formula is C50H30N4O. The summed E-state index contributed by atoms with van der Waals surface area (Å²) >= 11 is 0. The fourth-order valence-corrected chi connectivity index (χ4v) is 7.92. The summed E-state index contributed by atoms with van der Waals surface area (Å²) in [6.07, 6.45) is 3.62. The Morgan fingerprint density at radius 2 is 0.764 bits per heavy atom. The highest BCUT2D eigenvalue weighted by Crippen LogP contribution is 2.43. The molecule has 0 aliphatic heterocycles. The first kappa shape index (κ1) is 31.1. The first-order valence-corrected chi connectivity index (χ1v) is 18.4. The van der Waals surface area contributed by atoms with E-state index >= 15 is 0 Å². The number of fused-ring (bicyclic) bond motifs is 10. The number of hydrogen-bond donors (Lipinski definition) is 0. The van der Waals surface area contributed by atoms with E-state index < -0.39 is 0 Å². The fraction of sp³-hybridized carbons (Fsp3) is 0. The van der Waals surface area contributed by atoms with Gasteiger partial charge in [0, 0.05) is 45.2 Å². The van der Waals surface area contributed by atoms with Crippen molar-refractivity contribution in [1.82, 2.24) is 19.9 Å².